The number of hydrogen-bond acceptors (Lipinski definition) is 3. The Bertz CT molecular complexity index is 276. The number of benzene rings is 1. The summed E-state index contributed by atoms with van der Waals surface area (Å²) in [4.78, 5) is 3.15. The highest BCUT2D eigenvalue weighted by atomic mass is 32.2. The molecule has 0 saturated heterocycles. The molecule has 0 spiro atoms. The Balaban J connectivity index is 2.28. The summed E-state index contributed by atoms with van der Waals surface area (Å²) in [5.41, 5.74) is 0. The Morgan fingerprint density at radius 1 is 1.29 bits per heavy atom. The summed E-state index contributed by atoms with van der Waals surface area (Å²) in [7, 11) is 4.15. The van der Waals surface area contributed by atoms with E-state index >= 15 is 0 Å². The van der Waals surface area contributed by atoms with Crippen molar-refractivity contribution in [1.82, 2.24) is 4.90 Å². The lowest BCUT2D eigenvalue weighted by Crippen LogP contribution is -2.13. The molecule has 0 aliphatic carbocycles. The van der Waals surface area contributed by atoms with Crippen LogP contribution < -0.4 is 0 Å². The van der Waals surface area contributed by atoms with Gasteiger partial charge in [-0.05, 0) is 44.9 Å². The maximum atomic E-state index is 9.49. The van der Waals surface area contributed by atoms with E-state index in [1.165, 1.54) is 0 Å². The molecular formula is C11H17NOS. The van der Waals surface area contributed by atoms with Crippen LogP contribution in [0.3, 0.4) is 0 Å². The Morgan fingerprint density at radius 2 is 2.00 bits per heavy atom. The van der Waals surface area contributed by atoms with Crippen LogP contribution in [-0.2, 0) is 0 Å². The van der Waals surface area contributed by atoms with Gasteiger partial charge in [0.05, 0.1) is 0 Å². The molecule has 0 amide bonds. The van der Waals surface area contributed by atoms with Gasteiger partial charge in [-0.1, -0.05) is 12.1 Å². The fourth-order valence-corrected chi connectivity index (χ4v) is 2.03. The Labute approximate surface area is 89.9 Å². The minimum atomic E-state index is 0.391. The summed E-state index contributed by atoms with van der Waals surface area (Å²) in [5, 5.41) is 9.49. The molecule has 0 radical (unpaired) electrons. The normalized spacial score (nSPS) is 10.8. The third-order valence-electron chi connectivity index (χ3n) is 1.87. The van der Waals surface area contributed by atoms with E-state index in [-0.39, 0.29) is 0 Å². The Morgan fingerprint density at radius 3 is 2.64 bits per heavy atom. The number of rotatable bonds is 5. The minimum absolute atomic E-state index is 0.391. The van der Waals surface area contributed by atoms with Gasteiger partial charge < -0.3 is 10.0 Å². The van der Waals surface area contributed by atoms with Crippen molar-refractivity contribution < 1.29 is 5.11 Å². The molecule has 0 aliphatic heterocycles. The van der Waals surface area contributed by atoms with Crippen LogP contribution in [0.25, 0.3) is 0 Å². The molecule has 0 aliphatic rings. The fraction of sp³-hybridized carbons (Fsp3) is 0.455. The van der Waals surface area contributed by atoms with Crippen LogP contribution in [0, 0.1) is 0 Å². The van der Waals surface area contributed by atoms with Gasteiger partial charge in [-0.15, -0.1) is 11.8 Å². The summed E-state index contributed by atoms with van der Waals surface area (Å²) in [5.74, 6) is 1.44. The summed E-state index contributed by atoms with van der Waals surface area (Å²) in [6.07, 6.45) is 1.14. The van der Waals surface area contributed by atoms with Crippen molar-refractivity contribution >= 4 is 11.8 Å². The van der Waals surface area contributed by atoms with Crippen molar-refractivity contribution in [3.63, 3.8) is 0 Å². The molecule has 78 valence electrons. The standard InChI is InChI=1S/C11H17NOS/c1-12(2)8-5-9-14-11-7-4-3-6-10(11)13/h3-4,6-7,13H,5,8-9H2,1-2H3. The lowest BCUT2D eigenvalue weighted by atomic mass is 10.3. The SMILES string of the molecule is CN(C)CCCSc1ccccc1O. The molecule has 3 heteroatoms. The number of phenols is 1. The van der Waals surface area contributed by atoms with Gasteiger partial charge in [0.25, 0.3) is 0 Å². The number of thioether (sulfide) groups is 1. The van der Waals surface area contributed by atoms with E-state index in [1.54, 1.807) is 17.8 Å². The van der Waals surface area contributed by atoms with Gasteiger partial charge >= 0.3 is 0 Å². The molecule has 0 atom stereocenters. The lowest BCUT2D eigenvalue weighted by Gasteiger charge is -2.08. The van der Waals surface area contributed by atoms with Crippen molar-refractivity contribution in [3.05, 3.63) is 24.3 Å². The summed E-state index contributed by atoms with van der Waals surface area (Å²) < 4.78 is 0. The van der Waals surface area contributed by atoms with E-state index in [9.17, 15) is 5.11 Å². The average molecular weight is 211 g/mol. The monoisotopic (exact) mass is 211 g/mol. The lowest BCUT2D eigenvalue weighted by molar-refractivity contribution is 0.410. The Hall–Kier alpha value is -0.670. The number of para-hydroxylation sites is 1. The zero-order valence-electron chi connectivity index (χ0n) is 8.73. The number of hydrogen-bond donors (Lipinski definition) is 1. The van der Waals surface area contributed by atoms with Gasteiger partial charge in [0.2, 0.25) is 0 Å². The molecule has 2 nitrogen and oxygen atoms in total. The third kappa shape index (κ3) is 4.03. The van der Waals surface area contributed by atoms with E-state index in [1.807, 2.05) is 18.2 Å². The molecule has 14 heavy (non-hydrogen) atoms. The topological polar surface area (TPSA) is 23.5 Å². The maximum absolute atomic E-state index is 9.49. The molecule has 1 N–H and O–H groups in total. The second-order valence-electron chi connectivity index (χ2n) is 3.47. The first-order chi connectivity index (χ1) is 6.70. The zero-order chi connectivity index (χ0) is 10.4. The second-order valence-corrected chi connectivity index (χ2v) is 4.61. The van der Waals surface area contributed by atoms with E-state index in [0.717, 1.165) is 23.6 Å². The molecule has 1 aromatic carbocycles. The average Bonchev–Trinajstić information content (AvgIpc) is 2.15. The van der Waals surface area contributed by atoms with Crippen LogP contribution in [0.1, 0.15) is 6.42 Å². The Kier molecular flexibility index (Phi) is 4.84. The van der Waals surface area contributed by atoms with Crippen LogP contribution in [0.5, 0.6) is 5.75 Å². The van der Waals surface area contributed by atoms with Crippen molar-refractivity contribution in [2.24, 2.45) is 0 Å². The maximum Gasteiger partial charge on any atom is 0.129 e. The van der Waals surface area contributed by atoms with Gasteiger partial charge in [-0.2, -0.15) is 0 Å². The van der Waals surface area contributed by atoms with Crippen LogP contribution in [0.4, 0.5) is 0 Å². The molecular weight excluding hydrogens is 194 g/mol. The van der Waals surface area contributed by atoms with Crippen molar-refractivity contribution in [1.29, 1.82) is 0 Å². The van der Waals surface area contributed by atoms with Gasteiger partial charge in [0.1, 0.15) is 5.75 Å². The summed E-state index contributed by atoms with van der Waals surface area (Å²) in [6.45, 7) is 1.10. The number of aromatic hydroxyl groups is 1. The highest BCUT2D eigenvalue weighted by molar-refractivity contribution is 7.99. The van der Waals surface area contributed by atoms with E-state index in [4.69, 9.17) is 0 Å². The highest BCUT2D eigenvalue weighted by Crippen LogP contribution is 2.27. The fourth-order valence-electron chi connectivity index (χ4n) is 1.14. The first-order valence-electron chi connectivity index (χ1n) is 4.75. The molecule has 0 fully saturated rings. The predicted octanol–water partition coefficient (Wildman–Crippen LogP) is 2.44. The van der Waals surface area contributed by atoms with Crippen LogP contribution in [-0.4, -0.2) is 36.4 Å². The van der Waals surface area contributed by atoms with Crippen molar-refractivity contribution in [3.8, 4) is 5.75 Å². The number of nitrogens with zero attached hydrogens (tertiary/aromatic N) is 1. The quantitative estimate of drug-likeness (QED) is 0.598. The van der Waals surface area contributed by atoms with Crippen LogP contribution in [0.2, 0.25) is 0 Å². The van der Waals surface area contributed by atoms with E-state index in [0.29, 0.717) is 5.75 Å². The summed E-state index contributed by atoms with van der Waals surface area (Å²) >= 11 is 1.71. The molecule has 0 unspecified atom stereocenters. The van der Waals surface area contributed by atoms with Gasteiger partial charge in [-0.25, -0.2) is 0 Å². The van der Waals surface area contributed by atoms with Crippen LogP contribution >= 0.6 is 11.8 Å². The predicted molar refractivity (Wildman–Crippen MR) is 62.0 cm³/mol. The van der Waals surface area contributed by atoms with Gasteiger partial charge in [0.15, 0.2) is 0 Å². The molecule has 1 aromatic rings. The first-order valence-corrected chi connectivity index (χ1v) is 5.74. The molecule has 0 heterocycles. The molecule has 1 rings (SSSR count). The molecule has 0 aromatic heterocycles. The van der Waals surface area contributed by atoms with E-state index in [2.05, 4.69) is 19.0 Å². The minimum Gasteiger partial charge on any atom is -0.507 e. The van der Waals surface area contributed by atoms with Crippen molar-refractivity contribution in [2.45, 2.75) is 11.3 Å². The second kappa shape index (κ2) is 5.94. The third-order valence-corrected chi connectivity index (χ3v) is 3.02. The highest BCUT2D eigenvalue weighted by Gasteiger charge is 1.99. The first kappa shape index (κ1) is 11.4. The van der Waals surface area contributed by atoms with Gasteiger partial charge in [0, 0.05) is 4.90 Å². The van der Waals surface area contributed by atoms with E-state index < -0.39 is 0 Å². The zero-order valence-corrected chi connectivity index (χ0v) is 9.55. The molecule has 0 bridgehead atoms. The number of phenolic OH excluding ortho intramolecular Hbond substituents is 1. The molecule has 0 saturated carbocycles. The van der Waals surface area contributed by atoms with Gasteiger partial charge in [-0.3, -0.25) is 0 Å². The largest absolute Gasteiger partial charge is 0.507 e. The van der Waals surface area contributed by atoms with Crippen molar-refractivity contribution in [2.75, 3.05) is 26.4 Å². The smallest absolute Gasteiger partial charge is 0.129 e. The van der Waals surface area contributed by atoms with Crippen LogP contribution in [0.15, 0.2) is 29.2 Å². The summed E-state index contributed by atoms with van der Waals surface area (Å²) in [6, 6.07) is 7.48.